The number of carbonyl (C=O) groups is 1. The van der Waals surface area contributed by atoms with E-state index in [1.165, 1.54) is 33.6 Å². The maximum absolute atomic E-state index is 11.9. The van der Waals surface area contributed by atoms with Crippen LogP contribution in [-0.2, 0) is 35.9 Å². The predicted molar refractivity (Wildman–Crippen MR) is 65.6 cm³/mol. The van der Waals surface area contributed by atoms with Gasteiger partial charge in [0.1, 0.15) is 0 Å². The fourth-order valence-electron chi connectivity index (χ4n) is 1.80. The summed E-state index contributed by atoms with van der Waals surface area (Å²) in [5.74, 6) is 0.296. The molecule has 1 aliphatic rings. The van der Waals surface area contributed by atoms with Crippen LogP contribution >= 0.6 is 0 Å². The summed E-state index contributed by atoms with van der Waals surface area (Å²) in [7, 11) is 0. The molecular formula is C14H15F2OZr. The topological polar surface area (TPSA) is 17.1 Å². The number of aryl methyl sites for hydroxylation is 1. The Bertz CT molecular complexity index is 452. The van der Waals surface area contributed by atoms with Gasteiger partial charge < -0.3 is 0 Å². The number of hydrogen-bond donors (Lipinski definition) is 0. The molecule has 0 heterocycles. The molecule has 1 nitrogen and oxygen atoms in total. The minimum atomic E-state index is 0. The van der Waals surface area contributed by atoms with Crippen LogP contribution in [0.1, 0.15) is 18.4 Å². The number of halogens is 2. The van der Waals surface area contributed by atoms with Gasteiger partial charge in [-0.15, -0.1) is 0 Å². The van der Waals surface area contributed by atoms with Crippen LogP contribution in [0.15, 0.2) is 51.3 Å². The zero-order valence-electron chi connectivity index (χ0n) is 9.89. The molecule has 2 rings (SSSR count). The Morgan fingerprint density at radius 2 is 1.83 bits per heavy atom. The van der Waals surface area contributed by atoms with Crippen LogP contribution in [0.2, 0.25) is 0 Å². The first kappa shape index (κ1) is 17.1. The van der Waals surface area contributed by atoms with Crippen molar-refractivity contribution in [1.82, 2.24) is 0 Å². The van der Waals surface area contributed by atoms with Gasteiger partial charge in [0, 0.05) is 0 Å². The average molecular weight is 328 g/mol. The maximum atomic E-state index is 11.9. The molecule has 95 valence electrons. The van der Waals surface area contributed by atoms with E-state index in [1.54, 1.807) is 0 Å². The van der Waals surface area contributed by atoms with Gasteiger partial charge in [-0.25, -0.2) is 0 Å². The van der Waals surface area contributed by atoms with E-state index in [9.17, 15) is 4.79 Å². The van der Waals surface area contributed by atoms with Crippen LogP contribution < -0.4 is 0 Å². The van der Waals surface area contributed by atoms with Gasteiger partial charge in [0.25, 0.3) is 0 Å². The molecule has 0 aromatic heterocycles. The average Bonchev–Trinajstić information content (AvgIpc) is 2.74. The number of carbonyl (C=O) groups excluding carboxylic acids is 1. The number of ketones is 1. The van der Waals surface area contributed by atoms with Crippen molar-refractivity contribution in [3.63, 3.8) is 0 Å². The second-order valence-electron chi connectivity index (χ2n) is 3.91. The summed E-state index contributed by atoms with van der Waals surface area (Å²) in [6, 6.07) is 10.2. The van der Waals surface area contributed by atoms with E-state index in [0.29, 0.717) is 12.2 Å². The van der Waals surface area contributed by atoms with Crippen LogP contribution in [0.25, 0.3) is 0 Å². The molecule has 0 saturated carbocycles. The van der Waals surface area contributed by atoms with Crippen molar-refractivity contribution in [2.75, 3.05) is 0 Å². The molecule has 1 aromatic rings. The van der Waals surface area contributed by atoms with Crippen molar-refractivity contribution in [3.05, 3.63) is 56.9 Å². The number of rotatable bonds is 4. The normalized spacial score (nSPS) is 12.8. The van der Waals surface area contributed by atoms with E-state index in [-0.39, 0.29) is 9.41 Å². The van der Waals surface area contributed by atoms with Crippen LogP contribution in [0.5, 0.6) is 0 Å². The van der Waals surface area contributed by atoms with E-state index in [0.717, 1.165) is 18.4 Å². The van der Waals surface area contributed by atoms with E-state index in [4.69, 9.17) is 0 Å². The molecule has 0 bridgehead atoms. The molecule has 0 saturated heterocycles. The monoisotopic (exact) mass is 327 g/mol. The van der Waals surface area contributed by atoms with Gasteiger partial charge >= 0.3 is 111 Å². The quantitative estimate of drug-likeness (QED) is 0.829. The third kappa shape index (κ3) is 4.41. The molecule has 1 aromatic carbocycles. The summed E-state index contributed by atoms with van der Waals surface area (Å²) in [6.07, 6.45) is 6.52. The first-order valence-corrected chi connectivity index (χ1v) is 6.68. The molecule has 1 aliphatic carbocycles. The molecular weight excluding hydrogens is 313 g/mol. The second-order valence-corrected chi connectivity index (χ2v) is 5.39. The Kier molecular flexibility index (Phi) is 7.85. The Balaban J connectivity index is 0.00000144. The first-order valence-electron chi connectivity index (χ1n) is 5.46. The van der Waals surface area contributed by atoms with Gasteiger partial charge in [0.05, 0.1) is 0 Å². The van der Waals surface area contributed by atoms with Gasteiger partial charge in [0.2, 0.25) is 0 Å². The summed E-state index contributed by atoms with van der Waals surface area (Å²) < 4.78 is 1.30. The van der Waals surface area contributed by atoms with E-state index in [1.807, 2.05) is 24.3 Å². The van der Waals surface area contributed by atoms with Crippen molar-refractivity contribution in [3.8, 4) is 0 Å². The van der Waals surface area contributed by atoms with Gasteiger partial charge in [0.15, 0.2) is 0 Å². The van der Waals surface area contributed by atoms with Crippen molar-refractivity contribution in [1.29, 1.82) is 0 Å². The summed E-state index contributed by atoms with van der Waals surface area (Å²) in [6.45, 7) is 0. The third-order valence-electron chi connectivity index (χ3n) is 2.72. The van der Waals surface area contributed by atoms with Gasteiger partial charge in [-0.2, -0.15) is 0 Å². The van der Waals surface area contributed by atoms with Crippen molar-refractivity contribution in [2.45, 2.75) is 19.3 Å². The second kappa shape index (κ2) is 8.26. The molecule has 0 amide bonds. The van der Waals surface area contributed by atoms with E-state index in [2.05, 4.69) is 18.2 Å². The van der Waals surface area contributed by atoms with Gasteiger partial charge in [-0.05, 0) is 0 Å². The van der Waals surface area contributed by atoms with Crippen molar-refractivity contribution < 1.29 is 38.9 Å². The Labute approximate surface area is 121 Å². The molecule has 0 spiro atoms. The molecule has 0 radical (unpaired) electrons. The summed E-state index contributed by atoms with van der Waals surface area (Å²) in [5.41, 5.74) is 2.21. The van der Waals surface area contributed by atoms with Crippen LogP contribution in [0.3, 0.4) is 0 Å². The minimum absolute atomic E-state index is 0. The molecule has 0 unspecified atom stereocenters. The standard InChI is InChI=1S/C14H13O.2FH.Zr/c15-14(13-8-4-5-9-13)11-10-12-6-2-1-3-7-12;;;/h1-4,6-8H,5,10-11H2;2*1H;. The summed E-state index contributed by atoms with van der Waals surface area (Å²) >= 11 is 1.37. The molecule has 0 fully saturated rings. The van der Waals surface area contributed by atoms with Crippen molar-refractivity contribution >= 4 is 5.78 Å². The number of allylic oxidation sites excluding steroid dienone is 4. The first-order chi connectivity index (χ1) is 7.77. The fourth-order valence-corrected chi connectivity index (χ4v) is 2.64. The zero-order chi connectivity index (χ0) is 11.4. The third-order valence-corrected chi connectivity index (χ3v) is 3.88. The predicted octanol–water partition coefficient (Wildman–Crippen LogP) is 3.25. The van der Waals surface area contributed by atoms with E-state index < -0.39 is 0 Å². The Hall–Kier alpha value is -0.887. The van der Waals surface area contributed by atoms with Crippen LogP contribution in [-0.4, -0.2) is 5.78 Å². The molecule has 18 heavy (non-hydrogen) atoms. The zero-order valence-corrected chi connectivity index (χ0v) is 12.3. The number of benzene rings is 1. The van der Waals surface area contributed by atoms with Gasteiger partial charge in [-0.1, -0.05) is 0 Å². The number of Topliss-reactive ketones (excluding diaryl/α,β-unsaturated/α-hetero) is 1. The SMILES string of the molecule is F.F.O=C(CCc1ccccc1)C1=[C]([Zr])CC=C1. The van der Waals surface area contributed by atoms with Crippen molar-refractivity contribution in [2.24, 2.45) is 0 Å². The molecule has 4 heteroatoms. The van der Waals surface area contributed by atoms with E-state index >= 15 is 0 Å². The fraction of sp³-hybridized carbons (Fsp3) is 0.214. The molecule has 0 N–H and O–H groups in total. The number of hydrogen-bond acceptors (Lipinski definition) is 1. The molecule has 0 aliphatic heterocycles. The van der Waals surface area contributed by atoms with Gasteiger partial charge in [-0.3, -0.25) is 9.41 Å². The Morgan fingerprint density at radius 3 is 2.39 bits per heavy atom. The Morgan fingerprint density at radius 1 is 1.17 bits per heavy atom. The van der Waals surface area contributed by atoms with Crippen LogP contribution in [0.4, 0.5) is 9.41 Å². The van der Waals surface area contributed by atoms with Crippen LogP contribution in [0, 0.1) is 0 Å². The molecule has 0 atom stereocenters. The summed E-state index contributed by atoms with van der Waals surface area (Å²) in [5, 5.41) is 0. The summed E-state index contributed by atoms with van der Waals surface area (Å²) in [4.78, 5) is 11.9.